The third-order valence-electron chi connectivity index (χ3n) is 4.11. The molecular weight excluding hydrogens is 420 g/mol. The highest BCUT2D eigenvalue weighted by Crippen LogP contribution is 2.18. The summed E-state index contributed by atoms with van der Waals surface area (Å²) in [7, 11) is -3.48. The fourth-order valence-corrected chi connectivity index (χ4v) is 3.34. The minimum Gasteiger partial charge on any atom is -0.452 e. The Hall–Kier alpha value is -3.66. The first-order valence-electron chi connectivity index (χ1n) is 9.29. The van der Waals surface area contributed by atoms with Gasteiger partial charge in [-0.15, -0.1) is 0 Å². The van der Waals surface area contributed by atoms with Gasteiger partial charge in [-0.05, 0) is 44.2 Å². The Kier molecular flexibility index (Phi) is 6.40. The van der Waals surface area contributed by atoms with Crippen molar-refractivity contribution in [3.05, 3.63) is 71.4 Å². The van der Waals surface area contributed by atoms with Crippen molar-refractivity contribution >= 4 is 33.4 Å². The van der Waals surface area contributed by atoms with Gasteiger partial charge in [0.2, 0.25) is 10.0 Å². The molecule has 0 atom stereocenters. The van der Waals surface area contributed by atoms with Crippen molar-refractivity contribution < 1.29 is 22.7 Å². The summed E-state index contributed by atoms with van der Waals surface area (Å²) in [5.74, 6) is -0.843. The largest absolute Gasteiger partial charge is 0.452 e. The van der Waals surface area contributed by atoms with Crippen LogP contribution in [0.5, 0.6) is 0 Å². The van der Waals surface area contributed by atoms with Crippen molar-refractivity contribution in [3.8, 4) is 5.69 Å². The third kappa shape index (κ3) is 6.16. The van der Waals surface area contributed by atoms with Crippen LogP contribution < -0.4 is 10.0 Å². The minimum atomic E-state index is -3.48. The van der Waals surface area contributed by atoms with Gasteiger partial charge in [0.25, 0.3) is 5.91 Å². The molecule has 1 amide bonds. The van der Waals surface area contributed by atoms with Crippen molar-refractivity contribution in [2.24, 2.45) is 0 Å². The first-order chi connectivity index (χ1) is 14.6. The van der Waals surface area contributed by atoms with Gasteiger partial charge in [0, 0.05) is 11.8 Å². The van der Waals surface area contributed by atoms with Crippen LogP contribution in [0.3, 0.4) is 0 Å². The van der Waals surface area contributed by atoms with Crippen LogP contribution in [-0.2, 0) is 19.6 Å². The number of anilines is 2. The van der Waals surface area contributed by atoms with E-state index in [2.05, 4.69) is 15.1 Å². The summed E-state index contributed by atoms with van der Waals surface area (Å²) in [5, 5.41) is 7.07. The molecule has 0 aliphatic heterocycles. The van der Waals surface area contributed by atoms with E-state index in [4.69, 9.17) is 4.74 Å². The van der Waals surface area contributed by atoms with Gasteiger partial charge in [-0.25, -0.2) is 17.9 Å². The number of hydrogen-bond acceptors (Lipinski definition) is 6. The number of amides is 1. The number of sulfonamides is 1. The molecule has 0 fully saturated rings. The summed E-state index contributed by atoms with van der Waals surface area (Å²) in [6.07, 6.45) is 1.01. The van der Waals surface area contributed by atoms with Crippen LogP contribution in [0, 0.1) is 13.8 Å². The molecule has 3 rings (SSSR count). The maximum atomic E-state index is 12.3. The molecule has 0 saturated carbocycles. The van der Waals surface area contributed by atoms with Crippen LogP contribution >= 0.6 is 0 Å². The topological polar surface area (TPSA) is 119 Å². The number of ether oxygens (including phenoxy) is 1. The van der Waals surface area contributed by atoms with Crippen LogP contribution in [0.4, 0.5) is 11.5 Å². The minimum absolute atomic E-state index is 0.113. The molecule has 2 N–H and O–H groups in total. The average Bonchev–Trinajstić information content (AvgIpc) is 3.05. The number of aromatic nitrogens is 2. The molecule has 0 bridgehead atoms. The van der Waals surface area contributed by atoms with E-state index in [1.54, 1.807) is 17.7 Å². The van der Waals surface area contributed by atoms with Crippen molar-refractivity contribution in [2.75, 3.05) is 22.9 Å². The van der Waals surface area contributed by atoms with E-state index in [1.165, 1.54) is 24.3 Å². The van der Waals surface area contributed by atoms with Crippen LogP contribution in [0.25, 0.3) is 5.69 Å². The Morgan fingerprint density at radius 1 is 1.06 bits per heavy atom. The fraction of sp³-hybridized carbons (Fsp3) is 0.190. The molecule has 0 aliphatic rings. The lowest BCUT2D eigenvalue weighted by molar-refractivity contribution is -0.119. The highest BCUT2D eigenvalue weighted by Gasteiger charge is 2.15. The number of esters is 1. The zero-order chi connectivity index (χ0) is 22.6. The Labute approximate surface area is 180 Å². The number of rotatable bonds is 7. The van der Waals surface area contributed by atoms with Crippen LogP contribution in [0.1, 0.15) is 21.6 Å². The SMILES string of the molecule is Cc1ccc(-n2nc(C)cc2NC(=O)COC(=O)c2cccc(NS(C)(=O)=O)c2)cc1. The summed E-state index contributed by atoms with van der Waals surface area (Å²) >= 11 is 0. The number of carbonyl (C=O) groups excluding carboxylic acids is 2. The number of aryl methyl sites for hydroxylation is 2. The zero-order valence-corrected chi connectivity index (χ0v) is 18.1. The highest BCUT2D eigenvalue weighted by molar-refractivity contribution is 7.92. The van der Waals surface area contributed by atoms with Crippen LogP contribution in [0.15, 0.2) is 54.6 Å². The van der Waals surface area contributed by atoms with E-state index >= 15 is 0 Å². The zero-order valence-electron chi connectivity index (χ0n) is 17.2. The molecule has 10 heteroatoms. The first kappa shape index (κ1) is 22.0. The van der Waals surface area contributed by atoms with Gasteiger partial charge in [0.1, 0.15) is 5.82 Å². The Balaban J connectivity index is 1.64. The second kappa shape index (κ2) is 9.00. The van der Waals surface area contributed by atoms with Gasteiger partial charge < -0.3 is 10.1 Å². The molecule has 1 aromatic heterocycles. The van der Waals surface area contributed by atoms with E-state index in [0.29, 0.717) is 11.5 Å². The second-order valence-corrected chi connectivity index (χ2v) is 8.75. The molecule has 31 heavy (non-hydrogen) atoms. The quantitative estimate of drug-likeness (QED) is 0.543. The first-order valence-corrected chi connectivity index (χ1v) is 11.2. The number of carbonyl (C=O) groups is 2. The van der Waals surface area contributed by atoms with Gasteiger partial charge in [0.05, 0.1) is 23.2 Å². The third-order valence-corrected chi connectivity index (χ3v) is 4.72. The lowest BCUT2D eigenvalue weighted by atomic mass is 10.2. The number of nitrogens with zero attached hydrogens (tertiary/aromatic N) is 2. The van der Waals surface area contributed by atoms with Gasteiger partial charge in [-0.2, -0.15) is 5.10 Å². The van der Waals surface area contributed by atoms with Gasteiger partial charge >= 0.3 is 5.97 Å². The molecule has 9 nitrogen and oxygen atoms in total. The highest BCUT2D eigenvalue weighted by atomic mass is 32.2. The molecular formula is C21H22N4O5S. The maximum Gasteiger partial charge on any atom is 0.338 e. The lowest BCUT2D eigenvalue weighted by Gasteiger charge is -2.10. The smallest absolute Gasteiger partial charge is 0.338 e. The van der Waals surface area contributed by atoms with Crippen molar-refractivity contribution in [3.63, 3.8) is 0 Å². The summed E-state index contributed by atoms with van der Waals surface area (Å²) in [6, 6.07) is 15.1. The molecule has 3 aromatic rings. The Morgan fingerprint density at radius 2 is 1.77 bits per heavy atom. The van der Waals surface area contributed by atoms with E-state index in [1.807, 2.05) is 31.2 Å². The monoisotopic (exact) mass is 442 g/mol. The van der Waals surface area contributed by atoms with E-state index in [9.17, 15) is 18.0 Å². The predicted molar refractivity (Wildman–Crippen MR) is 117 cm³/mol. The molecule has 0 aliphatic carbocycles. The van der Waals surface area contributed by atoms with Crippen molar-refractivity contribution in [1.82, 2.24) is 9.78 Å². The second-order valence-electron chi connectivity index (χ2n) is 7.00. The summed E-state index contributed by atoms with van der Waals surface area (Å²) in [4.78, 5) is 24.6. The molecule has 0 radical (unpaired) electrons. The Morgan fingerprint density at radius 3 is 2.45 bits per heavy atom. The van der Waals surface area contributed by atoms with Gasteiger partial charge in [-0.1, -0.05) is 23.8 Å². The average molecular weight is 442 g/mol. The van der Waals surface area contributed by atoms with Crippen LogP contribution in [0.2, 0.25) is 0 Å². The van der Waals surface area contributed by atoms with E-state index in [-0.39, 0.29) is 11.3 Å². The molecule has 0 spiro atoms. The normalized spacial score (nSPS) is 11.1. The van der Waals surface area contributed by atoms with Crippen molar-refractivity contribution in [1.29, 1.82) is 0 Å². The fourth-order valence-electron chi connectivity index (χ4n) is 2.79. The summed E-state index contributed by atoms with van der Waals surface area (Å²) in [6.45, 7) is 3.26. The number of hydrogen-bond donors (Lipinski definition) is 2. The van der Waals surface area contributed by atoms with E-state index in [0.717, 1.165) is 17.5 Å². The standard InChI is InChI=1S/C21H22N4O5S/c1-14-7-9-18(10-8-14)25-19(11-15(2)23-25)22-20(26)13-30-21(27)16-5-4-6-17(12-16)24-31(3,28)29/h4-12,24H,13H2,1-3H3,(H,22,26). The lowest BCUT2D eigenvalue weighted by Crippen LogP contribution is -2.22. The number of nitrogens with one attached hydrogen (secondary N) is 2. The van der Waals surface area contributed by atoms with E-state index < -0.39 is 28.5 Å². The van der Waals surface area contributed by atoms with Crippen LogP contribution in [-0.4, -0.2) is 42.9 Å². The van der Waals surface area contributed by atoms with Gasteiger partial charge in [-0.3, -0.25) is 9.52 Å². The molecule has 2 aromatic carbocycles. The Bertz CT molecular complexity index is 1220. The number of benzene rings is 2. The van der Waals surface area contributed by atoms with Gasteiger partial charge in [0.15, 0.2) is 6.61 Å². The molecule has 1 heterocycles. The predicted octanol–water partition coefficient (Wildman–Crippen LogP) is 2.66. The molecule has 0 unspecified atom stereocenters. The summed E-state index contributed by atoms with van der Waals surface area (Å²) in [5.41, 5.74) is 2.92. The molecule has 162 valence electrons. The maximum absolute atomic E-state index is 12.3. The molecule has 0 saturated heterocycles. The van der Waals surface area contributed by atoms with Crippen molar-refractivity contribution in [2.45, 2.75) is 13.8 Å². The summed E-state index contributed by atoms with van der Waals surface area (Å²) < 4.78 is 31.6.